The lowest BCUT2D eigenvalue weighted by atomic mass is 10.1. The van der Waals surface area contributed by atoms with E-state index in [1.807, 2.05) is 0 Å². The SMILES string of the molecule is OCCC1CCCN1CCc1ccccc1. The summed E-state index contributed by atoms with van der Waals surface area (Å²) in [5.74, 6) is 0. The molecule has 0 radical (unpaired) electrons. The lowest BCUT2D eigenvalue weighted by Gasteiger charge is -2.23. The summed E-state index contributed by atoms with van der Waals surface area (Å²) in [6.07, 6.45) is 4.62. The highest BCUT2D eigenvalue weighted by molar-refractivity contribution is 5.14. The van der Waals surface area contributed by atoms with Crippen LogP contribution in [0.5, 0.6) is 0 Å². The predicted octanol–water partition coefficient (Wildman–Crippen LogP) is 2.08. The number of nitrogens with zero attached hydrogens (tertiary/aromatic N) is 1. The van der Waals surface area contributed by atoms with Crippen molar-refractivity contribution in [1.82, 2.24) is 4.90 Å². The van der Waals surface area contributed by atoms with Crippen LogP contribution in [0.3, 0.4) is 0 Å². The van der Waals surface area contributed by atoms with E-state index in [0.717, 1.165) is 19.4 Å². The molecule has 0 aliphatic carbocycles. The van der Waals surface area contributed by atoms with E-state index in [2.05, 4.69) is 35.2 Å². The Balaban J connectivity index is 1.81. The Morgan fingerprint density at radius 1 is 1.25 bits per heavy atom. The summed E-state index contributed by atoms with van der Waals surface area (Å²) in [5.41, 5.74) is 1.41. The van der Waals surface area contributed by atoms with Crippen molar-refractivity contribution in [2.75, 3.05) is 19.7 Å². The average molecular weight is 219 g/mol. The van der Waals surface area contributed by atoms with Crippen molar-refractivity contribution in [3.8, 4) is 0 Å². The Hall–Kier alpha value is -0.860. The molecule has 2 heteroatoms. The van der Waals surface area contributed by atoms with Gasteiger partial charge in [0.05, 0.1) is 0 Å². The van der Waals surface area contributed by atoms with Crippen LogP contribution in [-0.2, 0) is 6.42 Å². The van der Waals surface area contributed by atoms with Crippen molar-refractivity contribution in [2.24, 2.45) is 0 Å². The van der Waals surface area contributed by atoms with Crippen LogP contribution in [-0.4, -0.2) is 35.7 Å². The topological polar surface area (TPSA) is 23.5 Å². The van der Waals surface area contributed by atoms with Crippen LogP contribution in [0, 0.1) is 0 Å². The molecule has 1 heterocycles. The second kappa shape index (κ2) is 6.02. The van der Waals surface area contributed by atoms with Gasteiger partial charge in [-0.25, -0.2) is 0 Å². The van der Waals surface area contributed by atoms with Gasteiger partial charge >= 0.3 is 0 Å². The molecule has 16 heavy (non-hydrogen) atoms. The van der Waals surface area contributed by atoms with Crippen LogP contribution in [0.4, 0.5) is 0 Å². The third-order valence-corrected chi connectivity index (χ3v) is 3.49. The molecular formula is C14H21NO. The molecule has 1 aliphatic heterocycles. The minimum Gasteiger partial charge on any atom is -0.396 e. The van der Waals surface area contributed by atoms with Gasteiger partial charge in [0.2, 0.25) is 0 Å². The summed E-state index contributed by atoms with van der Waals surface area (Å²) >= 11 is 0. The fourth-order valence-corrected chi connectivity index (χ4v) is 2.58. The molecular weight excluding hydrogens is 198 g/mol. The number of hydrogen-bond acceptors (Lipinski definition) is 2. The van der Waals surface area contributed by atoms with Crippen molar-refractivity contribution >= 4 is 0 Å². The van der Waals surface area contributed by atoms with Gasteiger partial charge in [-0.2, -0.15) is 0 Å². The third-order valence-electron chi connectivity index (χ3n) is 3.49. The standard InChI is InChI=1S/C14H21NO/c16-12-9-14-7-4-10-15(14)11-8-13-5-2-1-3-6-13/h1-3,5-6,14,16H,4,7-12H2. The molecule has 1 N–H and O–H groups in total. The molecule has 88 valence electrons. The number of benzene rings is 1. The molecule has 1 saturated heterocycles. The van der Waals surface area contributed by atoms with Crippen LogP contribution in [0.15, 0.2) is 30.3 Å². The van der Waals surface area contributed by atoms with Gasteiger partial charge in [-0.1, -0.05) is 30.3 Å². The summed E-state index contributed by atoms with van der Waals surface area (Å²) in [6, 6.07) is 11.3. The molecule has 0 amide bonds. The largest absolute Gasteiger partial charge is 0.396 e. The quantitative estimate of drug-likeness (QED) is 0.819. The lowest BCUT2D eigenvalue weighted by Crippen LogP contribution is -2.32. The van der Waals surface area contributed by atoms with Gasteiger partial charge in [0.1, 0.15) is 0 Å². The van der Waals surface area contributed by atoms with E-state index in [1.54, 1.807) is 0 Å². The number of aliphatic hydroxyl groups is 1. The summed E-state index contributed by atoms with van der Waals surface area (Å²) in [4.78, 5) is 2.53. The molecule has 1 aliphatic rings. The van der Waals surface area contributed by atoms with E-state index in [0.29, 0.717) is 12.6 Å². The van der Waals surface area contributed by atoms with E-state index in [4.69, 9.17) is 5.11 Å². The van der Waals surface area contributed by atoms with Crippen LogP contribution < -0.4 is 0 Å². The summed E-state index contributed by atoms with van der Waals surface area (Å²) in [7, 11) is 0. The van der Waals surface area contributed by atoms with Gasteiger partial charge < -0.3 is 5.11 Å². The second-order valence-corrected chi connectivity index (χ2v) is 4.58. The zero-order chi connectivity index (χ0) is 11.2. The Morgan fingerprint density at radius 3 is 2.81 bits per heavy atom. The average Bonchev–Trinajstić information content (AvgIpc) is 2.76. The minimum absolute atomic E-state index is 0.326. The highest BCUT2D eigenvalue weighted by atomic mass is 16.3. The maximum Gasteiger partial charge on any atom is 0.0445 e. The van der Waals surface area contributed by atoms with E-state index >= 15 is 0 Å². The Labute approximate surface area is 97.9 Å². The van der Waals surface area contributed by atoms with Crippen LogP contribution >= 0.6 is 0 Å². The molecule has 2 nitrogen and oxygen atoms in total. The van der Waals surface area contributed by atoms with Gasteiger partial charge in [-0.05, 0) is 37.8 Å². The molecule has 1 aromatic rings. The van der Waals surface area contributed by atoms with Crippen LogP contribution in [0.25, 0.3) is 0 Å². The highest BCUT2D eigenvalue weighted by Gasteiger charge is 2.22. The van der Waals surface area contributed by atoms with Crippen molar-refractivity contribution in [3.63, 3.8) is 0 Å². The van der Waals surface area contributed by atoms with E-state index in [-0.39, 0.29) is 0 Å². The number of likely N-dealkylation sites (tertiary alicyclic amines) is 1. The molecule has 2 rings (SSSR count). The first-order valence-electron chi connectivity index (χ1n) is 6.29. The molecule has 0 aromatic heterocycles. The van der Waals surface area contributed by atoms with Gasteiger partial charge in [0.25, 0.3) is 0 Å². The third kappa shape index (κ3) is 3.06. The van der Waals surface area contributed by atoms with Crippen LogP contribution in [0.2, 0.25) is 0 Å². The van der Waals surface area contributed by atoms with E-state index < -0.39 is 0 Å². The second-order valence-electron chi connectivity index (χ2n) is 4.58. The fraction of sp³-hybridized carbons (Fsp3) is 0.571. The molecule has 1 unspecified atom stereocenters. The Bertz CT molecular complexity index is 299. The minimum atomic E-state index is 0.326. The summed E-state index contributed by atoms with van der Waals surface area (Å²) < 4.78 is 0. The summed E-state index contributed by atoms with van der Waals surface area (Å²) in [6.45, 7) is 2.67. The molecule has 1 fully saturated rings. The first-order chi connectivity index (χ1) is 7.90. The van der Waals surface area contributed by atoms with Gasteiger partial charge in [0, 0.05) is 19.2 Å². The van der Waals surface area contributed by atoms with Crippen LogP contribution in [0.1, 0.15) is 24.8 Å². The fourth-order valence-electron chi connectivity index (χ4n) is 2.58. The maximum atomic E-state index is 9.00. The molecule has 0 bridgehead atoms. The van der Waals surface area contributed by atoms with Gasteiger partial charge in [-0.15, -0.1) is 0 Å². The highest BCUT2D eigenvalue weighted by Crippen LogP contribution is 2.19. The molecule has 0 saturated carbocycles. The zero-order valence-electron chi connectivity index (χ0n) is 9.81. The lowest BCUT2D eigenvalue weighted by molar-refractivity contribution is 0.197. The molecule has 0 spiro atoms. The normalized spacial score (nSPS) is 21.4. The number of aliphatic hydroxyl groups excluding tert-OH is 1. The number of hydrogen-bond donors (Lipinski definition) is 1. The van der Waals surface area contributed by atoms with Gasteiger partial charge in [-0.3, -0.25) is 4.90 Å². The van der Waals surface area contributed by atoms with Crippen molar-refractivity contribution in [1.29, 1.82) is 0 Å². The molecule has 1 aromatic carbocycles. The van der Waals surface area contributed by atoms with E-state index in [9.17, 15) is 0 Å². The Kier molecular flexibility index (Phi) is 4.37. The monoisotopic (exact) mass is 219 g/mol. The predicted molar refractivity (Wildman–Crippen MR) is 66.4 cm³/mol. The molecule has 1 atom stereocenters. The van der Waals surface area contributed by atoms with Crippen molar-refractivity contribution < 1.29 is 5.11 Å². The summed E-state index contributed by atoms with van der Waals surface area (Å²) in [5, 5.41) is 9.00. The zero-order valence-corrected chi connectivity index (χ0v) is 9.81. The van der Waals surface area contributed by atoms with E-state index in [1.165, 1.54) is 24.9 Å². The van der Waals surface area contributed by atoms with Crippen molar-refractivity contribution in [3.05, 3.63) is 35.9 Å². The van der Waals surface area contributed by atoms with Crippen molar-refractivity contribution in [2.45, 2.75) is 31.7 Å². The first kappa shape index (κ1) is 11.6. The number of rotatable bonds is 5. The smallest absolute Gasteiger partial charge is 0.0445 e. The maximum absolute atomic E-state index is 9.00. The first-order valence-corrected chi connectivity index (χ1v) is 6.29. The Morgan fingerprint density at radius 2 is 2.06 bits per heavy atom. The van der Waals surface area contributed by atoms with Gasteiger partial charge in [0.15, 0.2) is 0 Å².